The Morgan fingerprint density at radius 3 is 2.60 bits per heavy atom. The summed E-state index contributed by atoms with van der Waals surface area (Å²) in [5, 5.41) is 3.48. The number of halogens is 1. The number of carbonyl (C=O) groups excluding carboxylic acids is 2. The van der Waals surface area contributed by atoms with Crippen molar-refractivity contribution < 1.29 is 14.3 Å². The number of nitrogens with one attached hydrogen (secondary N) is 1. The Kier molecular flexibility index (Phi) is 4.68. The fraction of sp³-hybridized carbons (Fsp3) is 0.385. The van der Waals surface area contributed by atoms with E-state index in [9.17, 15) is 9.59 Å². The van der Waals surface area contributed by atoms with Gasteiger partial charge in [0.25, 0.3) is 0 Å². The predicted octanol–water partition coefficient (Wildman–Crippen LogP) is 1.58. The van der Waals surface area contributed by atoms with Crippen LogP contribution in [0.15, 0.2) is 24.3 Å². The van der Waals surface area contributed by atoms with E-state index in [0.717, 1.165) is 5.56 Å². The van der Waals surface area contributed by atoms with Gasteiger partial charge in [-0.1, -0.05) is 23.7 Å². The number of hydrogen-bond donors (Lipinski definition) is 2. The molecule has 1 saturated heterocycles. The van der Waals surface area contributed by atoms with Gasteiger partial charge in [-0.3, -0.25) is 0 Å². The van der Waals surface area contributed by atoms with Gasteiger partial charge in [0.2, 0.25) is 0 Å². The topological polar surface area (TPSA) is 84.7 Å². The highest BCUT2D eigenvalue weighted by molar-refractivity contribution is 6.30. The van der Waals surface area contributed by atoms with Crippen molar-refractivity contribution in [3.05, 3.63) is 34.9 Å². The zero-order valence-electron chi connectivity index (χ0n) is 10.8. The van der Waals surface area contributed by atoms with Crippen LogP contribution in [0.4, 0.5) is 9.59 Å². The summed E-state index contributed by atoms with van der Waals surface area (Å²) in [5.41, 5.74) is 5.86. The SMILES string of the molecule is NC(=O)OCC1CN(C(=O)NCc2ccc(Cl)cc2)C1. The minimum absolute atomic E-state index is 0.129. The molecule has 0 radical (unpaired) electrons. The van der Waals surface area contributed by atoms with Crippen LogP contribution in [0.3, 0.4) is 0 Å². The highest BCUT2D eigenvalue weighted by Gasteiger charge is 2.31. The van der Waals surface area contributed by atoms with Crippen LogP contribution in [-0.4, -0.2) is 36.7 Å². The van der Waals surface area contributed by atoms with Crippen LogP contribution in [0, 0.1) is 5.92 Å². The largest absolute Gasteiger partial charge is 0.449 e. The second-order valence-electron chi connectivity index (χ2n) is 4.69. The average Bonchev–Trinajstić information content (AvgIpc) is 2.36. The second-order valence-corrected chi connectivity index (χ2v) is 5.12. The third-order valence-corrected chi connectivity index (χ3v) is 3.31. The van der Waals surface area contributed by atoms with E-state index < -0.39 is 6.09 Å². The van der Waals surface area contributed by atoms with Crippen molar-refractivity contribution in [1.82, 2.24) is 10.2 Å². The van der Waals surface area contributed by atoms with Crippen molar-refractivity contribution in [3.63, 3.8) is 0 Å². The van der Waals surface area contributed by atoms with Gasteiger partial charge in [0.15, 0.2) is 0 Å². The van der Waals surface area contributed by atoms with Crippen molar-refractivity contribution in [2.75, 3.05) is 19.7 Å². The number of ether oxygens (including phenoxy) is 1. The van der Waals surface area contributed by atoms with Crippen molar-refractivity contribution in [2.24, 2.45) is 11.7 Å². The van der Waals surface area contributed by atoms with E-state index >= 15 is 0 Å². The molecule has 7 heteroatoms. The molecule has 1 aliphatic rings. The first-order valence-corrected chi connectivity index (χ1v) is 6.62. The number of amides is 3. The molecule has 0 aromatic heterocycles. The van der Waals surface area contributed by atoms with Gasteiger partial charge in [0.1, 0.15) is 0 Å². The summed E-state index contributed by atoms with van der Waals surface area (Å²) in [6.07, 6.45) is -0.782. The number of rotatable bonds is 4. The lowest BCUT2D eigenvalue weighted by Crippen LogP contribution is -2.55. The normalized spacial score (nSPS) is 14.6. The number of benzene rings is 1. The van der Waals surface area contributed by atoms with Crippen LogP contribution < -0.4 is 11.1 Å². The lowest BCUT2D eigenvalue weighted by atomic mass is 10.0. The summed E-state index contributed by atoms with van der Waals surface area (Å²) in [7, 11) is 0. The number of nitrogens with zero attached hydrogens (tertiary/aromatic N) is 1. The number of hydrogen-bond acceptors (Lipinski definition) is 3. The molecule has 6 nitrogen and oxygen atoms in total. The van der Waals surface area contributed by atoms with E-state index in [1.54, 1.807) is 17.0 Å². The van der Waals surface area contributed by atoms with Crippen LogP contribution in [-0.2, 0) is 11.3 Å². The zero-order valence-corrected chi connectivity index (χ0v) is 11.6. The average molecular weight is 298 g/mol. The molecule has 1 aliphatic heterocycles. The number of urea groups is 1. The number of primary amides is 1. The van der Waals surface area contributed by atoms with Gasteiger partial charge >= 0.3 is 12.1 Å². The minimum Gasteiger partial charge on any atom is -0.449 e. The van der Waals surface area contributed by atoms with E-state index in [1.165, 1.54) is 0 Å². The maximum Gasteiger partial charge on any atom is 0.404 e. The van der Waals surface area contributed by atoms with E-state index in [-0.39, 0.29) is 18.6 Å². The Labute approximate surface area is 121 Å². The van der Waals surface area contributed by atoms with Crippen LogP contribution in [0.25, 0.3) is 0 Å². The van der Waals surface area contributed by atoms with Crippen LogP contribution in [0.1, 0.15) is 5.56 Å². The van der Waals surface area contributed by atoms with E-state index in [1.807, 2.05) is 12.1 Å². The summed E-state index contributed by atoms with van der Waals surface area (Å²) >= 11 is 5.78. The highest BCUT2D eigenvalue weighted by atomic mass is 35.5. The molecule has 0 unspecified atom stereocenters. The van der Waals surface area contributed by atoms with Gasteiger partial charge in [-0.05, 0) is 17.7 Å². The summed E-state index contributed by atoms with van der Waals surface area (Å²) < 4.78 is 4.68. The fourth-order valence-electron chi connectivity index (χ4n) is 1.93. The van der Waals surface area contributed by atoms with Crippen molar-refractivity contribution in [3.8, 4) is 0 Å². The number of nitrogens with two attached hydrogens (primary N) is 1. The molecule has 3 N–H and O–H groups in total. The Hall–Kier alpha value is -1.95. The standard InChI is InChI=1S/C13H16ClN3O3/c14-11-3-1-9(2-4-11)5-16-13(19)17-6-10(7-17)8-20-12(15)18/h1-4,10H,5-8H2,(H2,15,18)(H,16,19). The predicted molar refractivity (Wildman–Crippen MR) is 74.3 cm³/mol. The van der Waals surface area contributed by atoms with E-state index in [2.05, 4.69) is 10.1 Å². The molecule has 1 aromatic rings. The lowest BCUT2D eigenvalue weighted by molar-refractivity contribution is 0.0635. The van der Waals surface area contributed by atoms with Gasteiger partial charge in [-0.2, -0.15) is 0 Å². The van der Waals surface area contributed by atoms with Crippen molar-refractivity contribution in [1.29, 1.82) is 0 Å². The van der Waals surface area contributed by atoms with Crippen LogP contribution >= 0.6 is 11.6 Å². The fourth-order valence-corrected chi connectivity index (χ4v) is 2.06. The number of likely N-dealkylation sites (tertiary alicyclic amines) is 1. The summed E-state index contributed by atoms with van der Waals surface area (Å²) in [4.78, 5) is 23.9. The lowest BCUT2D eigenvalue weighted by Gasteiger charge is -2.38. The molecule has 1 heterocycles. The first-order chi connectivity index (χ1) is 9.54. The molecule has 0 aliphatic carbocycles. The first-order valence-electron chi connectivity index (χ1n) is 6.24. The second kappa shape index (κ2) is 6.47. The molecule has 1 fully saturated rings. The van der Waals surface area contributed by atoms with Gasteiger partial charge in [-0.15, -0.1) is 0 Å². The Morgan fingerprint density at radius 1 is 1.35 bits per heavy atom. The zero-order chi connectivity index (χ0) is 14.5. The quantitative estimate of drug-likeness (QED) is 0.885. The summed E-state index contributed by atoms with van der Waals surface area (Å²) in [6, 6.07) is 7.16. The summed E-state index contributed by atoms with van der Waals surface area (Å²) in [5.74, 6) is 0.170. The molecule has 0 atom stereocenters. The third-order valence-electron chi connectivity index (χ3n) is 3.06. The van der Waals surface area contributed by atoms with Crippen LogP contribution in [0.5, 0.6) is 0 Å². The Morgan fingerprint density at radius 2 is 2.00 bits per heavy atom. The van der Waals surface area contributed by atoms with Gasteiger partial charge < -0.3 is 20.7 Å². The van der Waals surface area contributed by atoms with Gasteiger partial charge in [-0.25, -0.2) is 9.59 Å². The smallest absolute Gasteiger partial charge is 0.404 e. The van der Waals surface area contributed by atoms with Gasteiger partial charge in [0, 0.05) is 30.6 Å². The third kappa shape index (κ3) is 4.03. The van der Waals surface area contributed by atoms with E-state index in [4.69, 9.17) is 17.3 Å². The molecule has 3 amide bonds. The van der Waals surface area contributed by atoms with Crippen molar-refractivity contribution >= 4 is 23.7 Å². The number of carbonyl (C=O) groups is 2. The molecule has 20 heavy (non-hydrogen) atoms. The molecule has 1 aromatic carbocycles. The maximum absolute atomic E-state index is 11.8. The Bertz CT molecular complexity index is 486. The minimum atomic E-state index is -0.782. The molecular formula is C13H16ClN3O3. The molecule has 0 spiro atoms. The van der Waals surface area contributed by atoms with Crippen molar-refractivity contribution in [2.45, 2.75) is 6.54 Å². The van der Waals surface area contributed by atoms with E-state index in [0.29, 0.717) is 24.7 Å². The molecule has 2 rings (SSSR count). The maximum atomic E-state index is 11.8. The molecule has 108 valence electrons. The Balaban J connectivity index is 1.67. The summed E-state index contributed by atoms with van der Waals surface area (Å²) in [6.45, 7) is 1.85. The van der Waals surface area contributed by atoms with Crippen LogP contribution in [0.2, 0.25) is 5.02 Å². The molecular weight excluding hydrogens is 282 g/mol. The van der Waals surface area contributed by atoms with Gasteiger partial charge in [0.05, 0.1) is 6.61 Å². The first kappa shape index (κ1) is 14.5. The monoisotopic (exact) mass is 297 g/mol. The highest BCUT2D eigenvalue weighted by Crippen LogP contribution is 2.16. The molecule has 0 bridgehead atoms. The molecule has 0 saturated carbocycles.